The number of nitrogens with one attached hydrogen (secondary N) is 2. The molecule has 4 fully saturated rings. The maximum absolute atomic E-state index is 13.8. The number of amides is 1. The summed E-state index contributed by atoms with van der Waals surface area (Å²) in [5, 5.41) is 11.6. The lowest BCUT2D eigenvalue weighted by atomic mass is 9.39. The number of hydrogen-bond donors (Lipinski definition) is 2. The number of nitrogens with zero attached hydrogens (tertiary/aromatic N) is 1. The van der Waals surface area contributed by atoms with E-state index >= 15 is 0 Å². The molecular weight excluding hydrogens is 445 g/mol. The van der Waals surface area contributed by atoms with Crippen LogP contribution in [0.4, 0.5) is 27.6 Å². The van der Waals surface area contributed by atoms with Gasteiger partial charge in [0.15, 0.2) is 4.75 Å². The maximum Gasteiger partial charge on any atom is 0.394 e. The van der Waals surface area contributed by atoms with Crippen molar-refractivity contribution in [2.75, 3.05) is 4.72 Å². The van der Waals surface area contributed by atoms with Crippen LogP contribution in [0.3, 0.4) is 0 Å². The van der Waals surface area contributed by atoms with Crippen molar-refractivity contribution in [2.24, 2.45) is 5.41 Å². The number of halogens is 5. The summed E-state index contributed by atoms with van der Waals surface area (Å²) in [5.74, 6) is -4.30. The van der Waals surface area contributed by atoms with Crippen molar-refractivity contribution in [1.29, 1.82) is 5.26 Å². The van der Waals surface area contributed by atoms with Gasteiger partial charge in [0, 0.05) is 18.0 Å². The second kappa shape index (κ2) is 6.09. The van der Waals surface area contributed by atoms with E-state index < -0.39 is 54.9 Å². The second-order valence-electron chi connectivity index (χ2n) is 8.90. The monoisotopic (exact) mass is 463 g/mol. The van der Waals surface area contributed by atoms with Crippen LogP contribution in [-0.2, 0) is 15.9 Å². The standard InChI is InChI=1S/C19H18F5N3O3S/c1-15(20,21)11-2-3-13(27-31(29,30)18(10-25)4-5-18)12(6-11)14(28)26-17-7-16(8-17,9-17)19(22,23)24/h2-3,6,27H,4-5,7-9H2,1H3,(H,26,28). The molecule has 0 aromatic heterocycles. The minimum absolute atomic E-state index is 0.0914. The average molecular weight is 463 g/mol. The summed E-state index contributed by atoms with van der Waals surface area (Å²) in [6.07, 6.45) is -5.13. The molecule has 6 nitrogen and oxygen atoms in total. The first-order valence-corrected chi connectivity index (χ1v) is 10.9. The summed E-state index contributed by atoms with van der Waals surface area (Å²) < 4.78 is 92.3. The summed E-state index contributed by atoms with van der Waals surface area (Å²) in [6, 6.07) is 4.45. The Morgan fingerprint density at radius 3 is 2.16 bits per heavy atom. The summed E-state index contributed by atoms with van der Waals surface area (Å²) in [7, 11) is -4.24. The fourth-order valence-corrected chi connectivity index (χ4v) is 5.84. The van der Waals surface area contributed by atoms with Gasteiger partial charge in [-0.1, -0.05) is 6.07 Å². The minimum Gasteiger partial charge on any atom is -0.346 e. The molecule has 0 atom stereocenters. The molecule has 0 saturated heterocycles. The van der Waals surface area contributed by atoms with Crippen LogP contribution in [0, 0.1) is 16.7 Å². The van der Waals surface area contributed by atoms with E-state index in [1.807, 2.05) is 0 Å². The van der Waals surface area contributed by atoms with Crippen LogP contribution >= 0.6 is 0 Å². The fourth-order valence-electron chi connectivity index (χ4n) is 4.42. The molecule has 2 bridgehead atoms. The number of alkyl halides is 5. The summed E-state index contributed by atoms with van der Waals surface area (Å²) in [5.41, 5.74) is -4.23. The van der Waals surface area contributed by atoms with E-state index in [1.54, 1.807) is 6.07 Å². The predicted octanol–water partition coefficient (Wildman–Crippen LogP) is 3.81. The molecule has 2 N–H and O–H groups in total. The topological polar surface area (TPSA) is 99.1 Å². The van der Waals surface area contributed by atoms with Crippen molar-refractivity contribution in [2.45, 2.75) is 61.4 Å². The molecule has 12 heteroatoms. The first-order valence-electron chi connectivity index (χ1n) is 9.43. The SMILES string of the molecule is CC(F)(F)c1ccc(NS(=O)(=O)C2(C#N)CC2)c(C(=O)NC23CC(C(F)(F)F)(C2)C3)c1. The Morgan fingerprint density at radius 1 is 1.13 bits per heavy atom. The summed E-state index contributed by atoms with van der Waals surface area (Å²) in [4.78, 5) is 12.8. The molecule has 4 aliphatic carbocycles. The van der Waals surface area contributed by atoms with Crippen LogP contribution in [0.15, 0.2) is 18.2 Å². The molecule has 1 aromatic rings. The van der Waals surface area contributed by atoms with Crippen molar-refractivity contribution < 1.29 is 35.2 Å². The number of hydrogen-bond acceptors (Lipinski definition) is 4. The number of sulfonamides is 1. The van der Waals surface area contributed by atoms with E-state index in [4.69, 9.17) is 5.26 Å². The third-order valence-electron chi connectivity index (χ3n) is 6.45. The second-order valence-corrected chi connectivity index (χ2v) is 10.9. The van der Waals surface area contributed by atoms with Crippen molar-refractivity contribution in [3.8, 4) is 6.07 Å². The molecule has 1 amide bonds. The van der Waals surface area contributed by atoms with Crippen molar-refractivity contribution >= 4 is 21.6 Å². The van der Waals surface area contributed by atoms with E-state index in [9.17, 15) is 35.2 Å². The van der Waals surface area contributed by atoms with Crippen LogP contribution in [0.5, 0.6) is 0 Å². The molecule has 4 aliphatic rings. The van der Waals surface area contributed by atoms with Gasteiger partial charge in [-0.25, -0.2) is 17.2 Å². The highest BCUT2D eigenvalue weighted by Crippen LogP contribution is 2.73. The van der Waals surface area contributed by atoms with E-state index in [-0.39, 0.29) is 37.8 Å². The number of carbonyl (C=O) groups excluding carboxylic acids is 1. The van der Waals surface area contributed by atoms with Gasteiger partial charge in [-0.15, -0.1) is 0 Å². The molecular formula is C19H18F5N3O3S. The lowest BCUT2D eigenvalue weighted by Gasteiger charge is -2.70. The predicted molar refractivity (Wildman–Crippen MR) is 98.7 cm³/mol. The number of nitriles is 1. The smallest absolute Gasteiger partial charge is 0.346 e. The third kappa shape index (κ3) is 3.24. The molecule has 0 radical (unpaired) electrons. The first-order chi connectivity index (χ1) is 14.1. The van der Waals surface area contributed by atoms with Crippen molar-refractivity contribution in [1.82, 2.24) is 5.32 Å². The van der Waals surface area contributed by atoms with Crippen LogP contribution in [0.25, 0.3) is 0 Å². The van der Waals surface area contributed by atoms with Crippen LogP contribution in [0.1, 0.15) is 54.9 Å². The van der Waals surface area contributed by atoms with E-state index in [2.05, 4.69) is 10.0 Å². The van der Waals surface area contributed by atoms with Gasteiger partial charge >= 0.3 is 6.18 Å². The summed E-state index contributed by atoms with van der Waals surface area (Å²) in [6.45, 7) is 0.594. The molecule has 168 valence electrons. The molecule has 1 aromatic carbocycles. The lowest BCUT2D eigenvalue weighted by Crippen LogP contribution is -2.78. The molecule has 0 aliphatic heterocycles. The Morgan fingerprint density at radius 2 is 1.71 bits per heavy atom. The van der Waals surface area contributed by atoms with Gasteiger partial charge in [0.1, 0.15) is 0 Å². The number of carbonyl (C=O) groups is 1. The van der Waals surface area contributed by atoms with E-state index in [0.717, 1.165) is 18.2 Å². The molecule has 0 spiro atoms. The first kappa shape index (κ1) is 21.8. The Bertz CT molecular complexity index is 1090. The van der Waals surface area contributed by atoms with Gasteiger partial charge in [-0.05, 0) is 44.2 Å². The Labute approximate surface area is 174 Å². The van der Waals surface area contributed by atoms with Crippen LogP contribution < -0.4 is 10.0 Å². The Kier molecular flexibility index (Phi) is 4.28. The Balaban J connectivity index is 1.61. The summed E-state index contributed by atoms with van der Waals surface area (Å²) >= 11 is 0. The number of benzene rings is 1. The molecule has 31 heavy (non-hydrogen) atoms. The van der Waals surface area contributed by atoms with Gasteiger partial charge in [-0.2, -0.15) is 18.4 Å². The van der Waals surface area contributed by atoms with Crippen LogP contribution in [-0.4, -0.2) is 30.8 Å². The highest BCUT2D eigenvalue weighted by Gasteiger charge is 2.79. The fraction of sp³-hybridized carbons (Fsp3) is 0.579. The highest BCUT2D eigenvalue weighted by molar-refractivity contribution is 7.94. The largest absolute Gasteiger partial charge is 0.394 e. The van der Waals surface area contributed by atoms with Crippen molar-refractivity contribution in [3.63, 3.8) is 0 Å². The van der Waals surface area contributed by atoms with Crippen LogP contribution in [0.2, 0.25) is 0 Å². The quantitative estimate of drug-likeness (QED) is 0.627. The molecule has 4 saturated carbocycles. The third-order valence-corrected chi connectivity index (χ3v) is 8.47. The zero-order chi connectivity index (χ0) is 23.1. The van der Waals surface area contributed by atoms with E-state index in [0.29, 0.717) is 6.92 Å². The average Bonchev–Trinajstić information content (AvgIpc) is 3.36. The van der Waals surface area contributed by atoms with Gasteiger partial charge < -0.3 is 5.32 Å². The van der Waals surface area contributed by atoms with Crippen molar-refractivity contribution in [3.05, 3.63) is 29.3 Å². The van der Waals surface area contributed by atoms with Gasteiger partial charge in [0.05, 0.1) is 22.7 Å². The van der Waals surface area contributed by atoms with Gasteiger partial charge in [0.25, 0.3) is 21.9 Å². The normalized spacial score (nSPS) is 28.5. The zero-order valence-corrected chi connectivity index (χ0v) is 17.1. The highest BCUT2D eigenvalue weighted by atomic mass is 32.2. The molecule has 0 heterocycles. The van der Waals surface area contributed by atoms with Gasteiger partial charge in [0.2, 0.25) is 0 Å². The number of anilines is 1. The van der Waals surface area contributed by atoms with Gasteiger partial charge in [-0.3, -0.25) is 9.52 Å². The Hall–Kier alpha value is -2.42. The maximum atomic E-state index is 13.8. The molecule has 5 rings (SSSR count). The molecule has 0 unspecified atom stereocenters. The zero-order valence-electron chi connectivity index (χ0n) is 16.2. The minimum atomic E-state index is -4.39. The number of rotatable bonds is 6. The lowest BCUT2D eigenvalue weighted by molar-refractivity contribution is -0.336. The van der Waals surface area contributed by atoms with E-state index in [1.165, 1.54) is 0 Å².